The van der Waals surface area contributed by atoms with Crippen LogP contribution < -0.4 is 10.6 Å². The molecule has 5 aromatic rings. The number of fused-ring (bicyclic) bond motifs is 1. The molecule has 40 heavy (non-hydrogen) atoms. The van der Waals surface area contributed by atoms with Crippen LogP contribution in [0.5, 0.6) is 0 Å². The van der Waals surface area contributed by atoms with Crippen LogP contribution in [-0.4, -0.2) is 33.5 Å². The van der Waals surface area contributed by atoms with Crippen molar-refractivity contribution < 1.29 is 18.4 Å². The summed E-state index contributed by atoms with van der Waals surface area (Å²) in [5.74, 6) is -1.90. The molecule has 1 aliphatic carbocycles. The highest BCUT2D eigenvalue weighted by molar-refractivity contribution is 6.07. The van der Waals surface area contributed by atoms with Gasteiger partial charge >= 0.3 is 0 Å². The second kappa shape index (κ2) is 9.68. The summed E-state index contributed by atoms with van der Waals surface area (Å²) in [6, 6.07) is 17.8. The summed E-state index contributed by atoms with van der Waals surface area (Å²) in [7, 11) is 1.45. The lowest BCUT2D eigenvalue weighted by Gasteiger charge is -2.18. The fourth-order valence-electron chi connectivity index (χ4n) is 5.02. The molecule has 1 fully saturated rings. The fraction of sp³-hybridized carbons (Fsp3) is 0.161. The molecule has 3 aromatic heterocycles. The van der Waals surface area contributed by atoms with Gasteiger partial charge in [0, 0.05) is 36.1 Å². The van der Waals surface area contributed by atoms with E-state index in [1.165, 1.54) is 35.8 Å². The average Bonchev–Trinajstić information content (AvgIpc) is 3.65. The minimum absolute atomic E-state index is 0.0162. The largest absolute Gasteiger partial charge is 0.355 e. The molecule has 9 heteroatoms. The number of carbonyl (C=O) groups is 2. The molecule has 1 saturated carbocycles. The number of amides is 2. The van der Waals surface area contributed by atoms with Crippen molar-refractivity contribution in [2.24, 2.45) is 0 Å². The number of nitrogens with zero attached hydrogens (tertiary/aromatic N) is 3. The van der Waals surface area contributed by atoms with Gasteiger partial charge in [-0.25, -0.2) is 13.3 Å². The lowest BCUT2D eigenvalue weighted by Crippen LogP contribution is -2.35. The van der Waals surface area contributed by atoms with Gasteiger partial charge in [0.05, 0.1) is 16.8 Å². The zero-order valence-electron chi connectivity index (χ0n) is 21.8. The number of nitrogens with one attached hydrogen (secondary N) is 2. The van der Waals surface area contributed by atoms with Crippen molar-refractivity contribution in [3.05, 3.63) is 113 Å². The Kier molecular flexibility index (Phi) is 6.14. The zero-order chi connectivity index (χ0) is 28.0. The lowest BCUT2D eigenvalue weighted by molar-refractivity contribution is 0.0928. The van der Waals surface area contributed by atoms with Gasteiger partial charge in [-0.05, 0) is 85.5 Å². The molecule has 7 nitrogen and oxygen atoms in total. The maximum atomic E-state index is 16.3. The van der Waals surface area contributed by atoms with Crippen LogP contribution in [0.2, 0.25) is 0 Å². The van der Waals surface area contributed by atoms with Crippen LogP contribution in [0.1, 0.15) is 44.8 Å². The van der Waals surface area contributed by atoms with Gasteiger partial charge < -0.3 is 10.6 Å². The highest BCUT2D eigenvalue weighted by atomic mass is 19.1. The van der Waals surface area contributed by atoms with Crippen LogP contribution in [0.4, 0.5) is 8.78 Å². The quantitative estimate of drug-likeness (QED) is 0.302. The standard InChI is InChI=1S/C31H25F2N5O2/c1-18-6-7-20(29(39)36-31(13-14-31)24-5-3-4-15-35-24)17-23(18)22-12-16-38-28(26(22)33)25(30(40)34-2)27(37-38)19-8-10-21(32)11-9-19/h3-12,15-17H,13-14H2,1-2H3,(H,34,40)(H,36,39). The van der Waals surface area contributed by atoms with E-state index in [4.69, 9.17) is 0 Å². The van der Waals surface area contributed by atoms with Crippen molar-refractivity contribution in [2.75, 3.05) is 7.05 Å². The molecule has 0 bridgehead atoms. The Morgan fingerprint density at radius 3 is 2.40 bits per heavy atom. The summed E-state index contributed by atoms with van der Waals surface area (Å²) in [4.78, 5) is 30.7. The van der Waals surface area contributed by atoms with Crippen molar-refractivity contribution in [1.29, 1.82) is 0 Å². The molecule has 0 aliphatic heterocycles. The van der Waals surface area contributed by atoms with E-state index in [-0.39, 0.29) is 28.2 Å². The van der Waals surface area contributed by atoms with Crippen LogP contribution in [-0.2, 0) is 5.54 Å². The molecule has 200 valence electrons. The molecule has 1 aliphatic rings. The Labute approximate surface area is 228 Å². The number of benzene rings is 2. The van der Waals surface area contributed by atoms with Gasteiger partial charge in [-0.2, -0.15) is 5.10 Å². The van der Waals surface area contributed by atoms with Crippen LogP contribution in [0, 0.1) is 18.6 Å². The first-order valence-corrected chi connectivity index (χ1v) is 12.9. The predicted octanol–water partition coefficient (Wildman–Crippen LogP) is 5.43. The number of pyridine rings is 2. The molecule has 6 rings (SSSR count). The van der Waals surface area contributed by atoms with Gasteiger partial charge in [0.2, 0.25) is 0 Å². The summed E-state index contributed by atoms with van der Waals surface area (Å²) >= 11 is 0. The highest BCUT2D eigenvalue weighted by Crippen LogP contribution is 2.44. The second-order valence-corrected chi connectivity index (χ2v) is 9.93. The van der Waals surface area contributed by atoms with Crippen molar-refractivity contribution in [3.8, 4) is 22.4 Å². The maximum absolute atomic E-state index is 16.3. The Hall–Kier alpha value is -4.92. The van der Waals surface area contributed by atoms with Gasteiger partial charge in [-0.15, -0.1) is 0 Å². The van der Waals surface area contributed by atoms with E-state index >= 15 is 4.39 Å². The molecule has 0 saturated heterocycles. The molecule has 3 heterocycles. The summed E-state index contributed by atoms with van der Waals surface area (Å²) in [5, 5.41) is 10.1. The first-order valence-electron chi connectivity index (χ1n) is 12.9. The zero-order valence-corrected chi connectivity index (χ0v) is 21.8. The smallest absolute Gasteiger partial charge is 0.255 e. The number of hydrogen-bond acceptors (Lipinski definition) is 4. The molecule has 0 atom stereocenters. The van der Waals surface area contributed by atoms with Crippen molar-refractivity contribution in [3.63, 3.8) is 0 Å². The minimum atomic E-state index is -0.658. The topological polar surface area (TPSA) is 88.4 Å². The second-order valence-electron chi connectivity index (χ2n) is 9.93. The molecule has 2 N–H and O–H groups in total. The van der Waals surface area contributed by atoms with Gasteiger partial charge in [0.1, 0.15) is 17.0 Å². The SMILES string of the molecule is CNC(=O)c1c(-c2ccc(F)cc2)nn2ccc(-c3cc(C(=O)NC4(c5ccccn5)CC4)ccc3C)c(F)c12. The van der Waals surface area contributed by atoms with Crippen LogP contribution in [0.25, 0.3) is 27.9 Å². The van der Waals surface area contributed by atoms with Crippen molar-refractivity contribution in [1.82, 2.24) is 25.2 Å². The van der Waals surface area contributed by atoms with E-state index in [2.05, 4.69) is 20.7 Å². The average molecular weight is 538 g/mol. The number of halogens is 2. The van der Waals surface area contributed by atoms with E-state index < -0.39 is 23.1 Å². The fourth-order valence-corrected chi connectivity index (χ4v) is 5.02. The lowest BCUT2D eigenvalue weighted by atomic mass is 9.96. The number of rotatable bonds is 6. The Morgan fingerprint density at radius 1 is 0.950 bits per heavy atom. The van der Waals surface area contributed by atoms with Crippen molar-refractivity contribution in [2.45, 2.75) is 25.3 Å². The monoisotopic (exact) mass is 537 g/mol. The molecular formula is C31H25F2N5O2. The Morgan fingerprint density at radius 2 is 1.73 bits per heavy atom. The van der Waals surface area contributed by atoms with Gasteiger partial charge in [0.15, 0.2) is 5.82 Å². The third kappa shape index (κ3) is 4.29. The Balaban J connectivity index is 1.43. The minimum Gasteiger partial charge on any atom is -0.355 e. The van der Waals surface area contributed by atoms with Crippen LogP contribution >= 0.6 is 0 Å². The summed E-state index contributed by atoms with van der Waals surface area (Å²) in [6.45, 7) is 1.83. The molecule has 0 radical (unpaired) electrons. The van der Waals surface area contributed by atoms with E-state index in [0.29, 0.717) is 16.7 Å². The predicted molar refractivity (Wildman–Crippen MR) is 147 cm³/mol. The molecule has 0 unspecified atom stereocenters. The van der Waals surface area contributed by atoms with Crippen LogP contribution in [0.3, 0.4) is 0 Å². The molecular weight excluding hydrogens is 512 g/mol. The van der Waals surface area contributed by atoms with Crippen LogP contribution in [0.15, 0.2) is 79.1 Å². The number of hydrogen-bond donors (Lipinski definition) is 2. The highest BCUT2D eigenvalue weighted by Gasteiger charge is 2.47. The summed E-state index contributed by atoms with van der Waals surface area (Å²) in [5.41, 5.74) is 2.91. The number of aryl methyl sites for hydroxylation is 1. The summed E-state index contributed by atoms with van der Waals surface area (Å²) in [6.07, 6.45) is 4.86. The summed E-state index contributed by atoms with van der Waals surface area (Å²) < 4.78 is 31.2. The van der Waals surface area contributed by atoms with Gasteiger partial charge in [-0.1, -0.05) is 12.1 Å². The van der Waals surface area contributed by atoms with E-state index in [1.54, 1.807) is 36.7 Å². The normalized spacial score (nSPS) is 13.7. The first-order chi connectivity index (χ1) is 19.3. The van der Waals surface area contributed by atoms with Crippen molar-refractivity contribution >= 4 is 17.3 Å². The third-order valence-corrected chi connectivity index (χ3v) is 7.36. The first kappa shape index (κ1) is 25.4. The Bertz CT molecular complexity index is 1780. The molecule has 0 spiro atoms. The van der Waals surface area contributed by atoms with E-state index in [1.807, 2.05) is 25.1 Å². The maximum Gasteiger partial charge on any atom is 0.255 e. The van der Waals surface area contributed by atoms with E-state index in [9.17, 15) is 14.0 Å². The molecule has 2 amide bonds. The number of aromatic nitrogens is 3. The van der Waals surface area contributed by atoms with E-state index in [0.717, 1.165) is 24.1 Å². The molecule has 2 aromatic carbocycles. The number of carbonyl (C=O) groups excluding carboxylic acids is 2. The van der Waals surface area contributed by atoms with Gasteiger partial charge in [-0.3, -0.25) is 14.6 Å². The van der Waals surface area contributed by atoms with Gasteiger partial charge in [0.25, 0.3) is 11.8 Å². The third-order valence-electron chi connectivity index (χ3n) is 7.36.